The van der Waals surface area contributed by atoms with Gasteiger partial charge in [-0.05, 0) is 51.0 Å². The molecule has 2 aliphatic rings. The third-order valence-electron chi connectivity index (χ3n) is 4.55. The van der Waals surface area contributed by atoms with Crippen molar-refractivity contribution in [2.45, 2.75) is 12.8 Å². The lowest BCUT2D eigenvalue weighted by Crippen LogP contribution is -2.41. The van der Waals surface area contributed by atoms with Gasteiger partial charge in [-0.1, -0.05) is 12.1 Å². The fourth-order valence-corrected chi connectivity index (χ4v) is 3.32. The fourth-order valence-electron chi connectivity index (χ4n) is 3.32. The summed E-state index contributed by atoms with van der Waals surface area (Å²) in [6, 6.07) is 7.06. The molecule has 1 N–H and O–H groups in total. The molecular formula is C17H24ClN3O2. The lowest BCUT2D eigenvalue weighted by molar-refractivity contribution is 0.0638. The number of nitrogens with one attached hydrogen (secondary N) is 1. The van der Waals surface area contributed by atoms with E-state index >= 15 is 0 Å². The van der Waals surface area contributed by atoms with E-state index in [1.807, 2.05) is 0 Å². The van der Waals surface area contributed by atoms with E-state index in [1.165, 1.54) is 17.7 Å². The third kappa shape index (κ3) is 3.91. The lowest BCUT2D eigenvalue weighted by Gasteiger charge is -2.28. The molecule has 0 aliphatic carbocycles. The van der Waals surface area contributed by atoms with Crippen LogP contribution < -0.4 is 5.32 Å². The molecule has 2 amide bonds. The highest BCUT2D eigenvalue weighted by atomic mass is 35.5. The second-order valence-corrected chi connectivity index (χ2v) is 6.28. The Balaban J connectivity index is 0.00000192. The van der Waals surface area contributed by atoms with Crippen LogP contribution in [0.25, 0.3) is 0 Å². The molecule has 1 unspecified atom stereocenters. The van der Waals surface area contributed by atoms with Gasteiger partial charge in [0.15, 0.2) is 0 Å². The summed E-state index contributed by atoms with van der Waals surface area (Å²) >= 11 is 0. The highest BCUT2D eigenvalue weighted by molar-refractivity contribution is 6.21. The van der Waals surface area contributed by atoms with Crippen molar-refractivity contribution < 1.29 is 9.59 Å². The van der Waals surface area contributed by atoms with Crippen LogP contribution in [0.2, 0.25) is 0 Å². The Morgan fingerprint density at radius 3 is 2.43 bits per heavy atom. The van der Waals surface area contributed by atoms with Gasteiger partial charge in [0.25, 0.3) is 11.8 Å². The summed E-state index contributed by atoms with van der Waals surface area (Å²) in [7, 11) is 2.06. The number of hydrogen-bond acceptors (Lipinski definition) is 4. The van der Waals surface area contributed by atoms with Crippen molar-refractivity contribution in [2.24, 2.45) is 5.92 Å². The van der Waals surface area contributed by atoms with E-state index in [4.69, 9.17) is 0 Å². The summed E-state index contributed by atoms with van der Waals surface area (Å²) in [5.74, 6) is 0.350. The maximum atomic E-state index is 12.3. The number of nitrogens with zero attached hydrogens (tertiary/aromatic N) is 2. The first-order valence-electron chi connectivity index (χ1n) is 8.01. The summed E-state index contributed by atoms with van der Waals surface area (Å²) in [6.07, 6.45) is 2.49. The Hall–Kier alpha value is -1.43. The predicted molar refractivity (Wildman–Crippen MR) is 92.1 cm³/mol. The highest BCUT2D eigenvalue weighted by Crippen LogP contribution is 2.22. The summed E-state index contributed by atoms with van der Waals surface area (Å²) in [4.78, 5) is 28.2. The van der Waals surface area contributed by atoms with E-state index in [-0.39, 0.29) is 24.2 Å². The summed E-state index contributed by atoms with van der Waals surface area (Å²) < 4.78 is 0. The smallest absolute Gasteiger partial charge is 0.261 e. The van der Waals surface area contributed by atoms with Crippen molar-refractivity contribution in [2.75, 3.05) is 39.8 Å². The van der Waals surface area contributed by atoms with E-state index in [2.05, 4.69) is 17.3 Å². The average Bonchev–Trinajstić information content (AvgIpc) is 2.78. The summed E-state index contributed by atoms with van der Waals surface area (Å²) in [6.45, 7) is 4.38. The summed E-state index contributed by atoms with van der Waals surface area (Å²) in [5.41, 5.74) is 1.07. The molecular weight excluding hydrogens is 314 g/mol. The number of hydrogen-bond donors (Lipinski definition) is 1. The van der Waals surface area contributed by atoms with E-state index in [1.54, 1.807) is 24.3 Å². The van der Waals surface area contributed by atoms with Crippen LogP contribution in [0, 0.1) is 5.92 Å². The quantitative estimate of drug-likeness (QED) is 0.830. The van der Waals surface area contributed by atoms with Crippen LogP contribution in [0.4, 0.5) is 0 Å². The molecule has 126 valence electrons. The van der Waals surface area contributed by atoms with Crippen LogP contribution in [0.1, 0.15) is 33.6 Å². The standard InChI is InChI=1S/C17H23N3O2.ClH/c1-19(12-13-5-4-8-18-11-13)9-10-20-16(21)14-6-2-3-7-15(14)17(20)22;/h2-3,6-7,13,18H,4-5,8-12H2,1H3;1H. The number of benzene rings is 1. The van der Waals surface area contributed by atoms with Gasteiger partial charge in [0.2, 0.25) is 0 Å². The van der Waals surface area contributed by atoms with Crippen LogP contribution >= 0.6 is 12.4 Å². The van der Waals surface area contributed by atoms with Crippen molar-refractivity contribution in [3.05, 3.63) is 35.4 Å². The van der Waals surface area contributed by atoms with Crippen molar-refractivity contribution in [3.63, 3.8) is 0 Å². The molecule has 5 nitrogen and oxygen atoms in total. The second-order valence-electron chi connectivity index (χ2n) is 6.28. The molecule has 0 radical (unpaired) electrons. The van der Waals surface area contributed by atoms with Gasteiger partial charge in [-0.25, -0.2) is 0 Å². The normalized spacial score (nSPS) is 20.6. The molecule has 0 aromatic heterocycles. The zero-order chi connectivity index (χ0) is 15.5. The lowest BCUT2D eigenvalue weighted by atomic mass is 9.99. The van der Waals surface area contributed by atoms with Gasteiger partial charge in [0.05, 0.1) is 11.1 Å². The molecule has 1 aromatic carbocycles. The largest absolute Gasteiger partial charge is 0.316 e. The van der Waals surface area contributed by atoms with E-state index in [0.29, 0.717) is 23.6 Å². The molecule has 1 fully saturated rings. The Bertz CT molecular complexity index is 538. The van der Waals surface area contributed by atoms with Crippen LogP contribution in [0.15, 0.2) is 24.3 Å². The molecule has 0 bridgehead atoms. The molecule has 0 saturated carbocycles. The van der Waals surface area contributed by atoms with Crippen LogP contribution in [0.5, 0.6) is 0 Å². The highest BCUT2D eigenvalue weighted by Gasteiger charge is 2.34. The number of amides is 2. The molecule has 3 rings (SSSR count). The number of rotatable bonds is 5. The Labute approximate surface area is 143 Å². The van der Waals surface area contributed by atoms with Gasteiger partial charge in [0, 0.05) is 19.6 Å². The Morgan fingerprint density at radius 1 is 1.22 bits per heavy atom. The first kappa shape index (κ1) is 17.9. The maximum absolute atomic E-state index is 12.3. The van der Waals surface area contributed by atoms with Gasteiger partial charge in [0.1, 0.15) is 0 Å². The van der Waals surface area contributed by atoms with E-state index in [0.717, 1.165) is 26.2 Å². The van der Waals surface area contributed by atoms with Gasteiger partial charge < -0.3 is 10.2 Å². The SMILES string of the molecule is CN(CCN1C(=O)c2ccccc2C1=O)CC1CCCNC1.Cl. The zero-order valence-corrected chi connectivity index (χ0v) is 14.3. The minimum atomic E-state index is -0.159. The van der Waals surface area contributed by atoms with Crippen molar-refractivity contribution in [3.8, 4) is 0 Å². The molecule has 1 aromatic rings. The van der Waals surface area contributed by atoms with Crippen molar-refractivity contribution in [1.82, 2.24) is 15.1 Å². The van der Waals surface area contributed by atoms with Gasteiger partial charge >= 0.3 is 0 Å². The molecule has 1 atom stereocenters. The molecule has 2 aliphatic heterocycles. The number of carbonyl (C=O) groups is 2. The van der Waals surface area contributed by atoms with Crippen LogP contribution in [0.3, 0.4) is 0 Å². The van der Waals surface area contributed by atoms with Crippen molar-refractivity contribution >= 4 is 24.2 Å². The third-order valence-corrected chi connectivity index (χ3v) is 4.55. The molecule has 6 heteroatoms. The minimum Gasteiger partial charge on any atom is -0.316 e. The first-order chi connectivity index (χ1) is 10.7. The monoisotopic (exact) mass is 337 g/mol. The van der Waals surface area contributed by atoms with Gasteiger partial charge in [-0.2, -0.15) is 0 Å². The van der Waals surface area contributed by atoms with Gasteiger partial charge in [-0.3, -0.25) is 14.5 Å². The topological polar surface area (TPSA) is 52.7 Å². The Kier molecular flexibility index (Phi) is 6.16. The molecule has 0 spiro atoms. The first-order valence-corrected chi connectivity index (χ1v) is 8.01. The molecule has 23 heavy (non-hydrogen) atoms. The number of piperidine rings is 1. The molecule has 1 saturated heterocycles. The zero-order valence-electron chi connectivity index (χ0n) is 13.5. The average molecular weight is 338 g/mol. The van der Waals surface area contributed by atoms with Crippen LogP contribution in [-0.4, -0.2) is 61.4 Å². The van der Waals surface area contributed by atoms with Crippen molar-refractivity contribution in [1.29, 1.82) is 0 Å². The summed E-state index contributed by atoms with van der Waals surface area (Å²) in [5, 5.41) is 3.42. The number of imide groups is 1. The number of halogens is 1. The van der Waals surface area contributed by atoms with E-state index in [9.17, 15) is 9.59 Å². The Morgan fingerprint density at radius 2 is 1.87 bits per heavy atom. The van der Waals surface area contributed by atoms with Gasteiger partial charge in [-0.15, -0.1) is 12.4 Å². The maximum Gasteiger partial charge on any atom is 0.261 e. The van der Waals surface area contributed by atoms with E-state index < -0.39 is 0 Å². The predicted octanol–water partition coefficient (Wildman–Crippen LogP) is 1.64. The second kappa shape index (κ2) is 7.90. The molecule has 2 heterocycles. The minimum absolute atomic E-state index is 0. The number of carbonyl (C=O) groups excluding carboxylic acids is 2. The van der Waals surface area contributed by atoms with Crippen LogP contribution in [-0.2, 0) is 0 Å². The number of fused-ring (bicyclic) bond motifs is 1. The number of likely N-dealkylation sites (N-methyl/N-ethyl adjacent to an activating group) is 1. The fraction of sp³-hybridized carbons (Fsp3) is 0.529.